The number of fused-ring (bicyclic) bond motifs is 1. The fourth-order valence-corrected chi connectivity index (χ4v) is 4.26. The molecule has 4 N–H and O–H groups in total. The molecule has 1 heterocycles. The number of carbonyl (C=O) groups is 2. The quantitative estimate of drug-likeness (QED) is 0.147. The van der Waals surface area contributed by atoms with Gasteiger partial charge in [-0.1, -0.05) is 11.6 Å². The molecule has 202 valence electrons. The van der Waals surface area contributed by atoms with E-state index in [1.807, 2.05) is 29.8 Å². The molecule has 9 nitrogen and oxygen atoms in total. The third-order valence-electron chi connectivity index (χ3n) is 6.17. The predicted molar refractivity (Wildman–Crippen MR) is 150 cm³/mol. The minimum Gasteiger partial charge on any atom is -0.466 e. The fourth-order valence-electron chi connectivity index (χ4n) is 4.08. The highest BCUT2D eigenvalue weighted by Crippen LogP contribution is 2.26. The first-order valence-electron chi connectivity index (χ1n) is 12.2. The van der Waals surface area contributed by atoms with Crippen LogP contribution in [0, 0.1) is 11.2 Å². The molecule has 3 aromatic carbocycles. The van der Waals surface area contributed by atoms with E-state index in [4.69, 9.17) is 32.5 Å². The standard InChI is InChI=1S/C28H28ClFN6O3/c1-3-39-26(37)12-13-36(20-9-10-22(30)21(29)15-20)28(38)18-6-11-24-23(14-18)34-25(35(24)2)16-33-19-7-4-17(5-8-19)27(31)32/h4-11,14-15,33H,3,12-13,16H2,1-2H3,(H3,31,32). The highest BCUT2D eigenvalue weighted by Gasteiger charge is 2.21. The number of benzene rings is 3. The summed E-state index contributed by atoms with van der Waals surface area (Å²) >= 11 is 5.98. The molecule has 11 heteroatoms. The molecule has 39 heavy (non-hydrogen) atoms. The number of hydrogen-bond acceptors (Lipinski definition) is 6. The summed E-state index contributed by atoms with van der Waals surface area (Å²) < 4.78 is 20.7. The molecular formula is C28H28ClFN6O3. The second kappa shape index (κ2) is 12.0. The molecular weight excluding hydrogens is 523 g/mol. The van der Waals surface area contributed by atoms with Crippen LogP contribution in [0.5, 0.6) is 0 Å². The smallest absolute Gasteiger partial charge is 0.307 e. The van der Waals surface area contributed by atoms with Crippen LogP contribution in [0.25, 0.3) is 11.0 Å². The van der Waals surface area contributed by atoms with E-state index in [2.05, 4.69) is 5.32 Å². The van der Waals surface area contributed by atoms with Crippen molar-refractivity contribution >= 4 is 51.7 Å². The average molecular weight is 551 g/mol. The van der Waals surface area contributed by atoms with Gasteiger partial charge in [0, 0.05) is 36.1 Å². The summed E-state index contributed by atoms with van der Waals surface area (Å²) in [5.41, 5.74) is 9.16. The minimum atomic E-state index is -0.607. The van der Waals surface area contributed by atoms with Crippen LogP contribution in [0.1, 0.15) is 35.1 Å². The number of nitrogen functional groups attached to an aromatic ring is 1. The Hall–Kier alpha value is -4.44. The first-order valence-corrected chi connectivity index (χ1v) is 12.6. The van der Waals surface area contributed by atoms with Gasteiger partial charge >= 0.3 is 5.97 Å². The molecule has 0 bridgehead atoms. The zero-order chi connectivity index (χ0) is 28.1. The van der Waals surface area contributed by atoms with Gasteiger partial charge in [-0.15, -0.1) is 0 Å². The molecule has 0 saturated carbocycles. The van der Waals surface area contributed by atoms with E-state index in [0.29, 0.717) is 28.9 Å². The number of nitrogens with one attached hydrogen (secondary N) is 2. The molecule has 1 aromatic heterocycles. The summed E-state index contributed by atoms with van der Waals surface area (Å²) in [7, 11) is 1.89. The topological polar surface area (TPSA) is 126 Å². The van der Waals surface area contributed by atoms with Gasteiger partial charge in [-0.3, -0.25) is 15.0 Å². The molecule has 0 saturated heterocycles. The van der Waals surface area contributed by atoms with Crippen LogP contribution in [-0.4, -0.2) is 40.4 Å². The van der Waals surface area contributed by atoms with Crippen molar-refractivity contribution in [2.75, 3.05) is 23.4 Å². The Morgan fingerprint density at radius 2 is 1.85 bits per heavy atom. The number of aromatic nitrogens is 2. The van der Waals surface area contributed by atoms with Crippen molar-refractivity contribution < 1.29 is 18.7 Å². The summed E-state index contributed by atoms with van der Waals surface area (Å²) in [5, 5.41) is 10.7. The van der Waals surface area contributed by atoms with Gasteiger partial charge in [0.25, 0.3) is 5.91 Å². The van der Waals surface area contributed by atoms with Crippen LogP contribution in [-0.2, 0) is 23.1 Å². The van der Waals surface area contributed by atoms with Gasteiger partial charge in [-0.25, -0.2) is 9.37 Å². The monoisotopic (exact) mass is 550 g/mol. The van der Waals surface area contributed by atoms with E-state index in [0.717, 1.165) is 17.0 Å². The Morgan fingerprint density at radius 3 is 2.51 bits per heavy atom. The van der Waals surface area contributed by atoms with Gasteiger partial charge in [0.2, 0.25) is 0 Å². The SMILES string of the molecule is CCOC(=O)CCN(C(=O)c1ccc2c(c1)nc(CNc1ccc(C(=N)N)cc1)n2C)c1ccc(F)c(Cl)c1. The number of aryl methyl sites for hydroxylation is 1. The Morgan fingerprint density at radius 1 is 1.13 bits per heavy atom. The van der Waals surface area contributed by atoms with Crippen molar-refractivity contribution in [3.63, 3.8) is 0 Å². The van der Waals surface area contributed by atoms with Crippen molar-refractivity contribution in [1.82, 2.24) is 9.55 Å². The summed E-state index contributed by atoms with van der Waals surface area (Å²) in [5.74, 6) is -0.695. The molecule has 4 rings (SSSR count). The van der Waals surface area contributed by atoms with Crippen LogP contribution in [0.4, 0.5) is 15.8 Å². The fraction of sp³-hybridized carbons (Fsp3) is 0.214. The third-order valence-corrected chi connectivity index (χ3v) is 6.46. The van der Waals surface area contributed by atoms with Crippen LogP contribution >= 0.6 is 11.6 Å². The molecule has 0 unspecified atom stereocenters. The minimum absolute atomic E-state index is 0.00392. The molecule has 0 aliphatic rings. The summed E-state index contributed by atoms with van der Waals surface area (Å²) in [4.78, 5) is 31.7. The summed E-state index contributed by atoms with van der Waals surface area (Å²) in [6.45, 7) is 2.38. The van der Waals surface area contributed by atoms with Crippen LogP contribution < -0.4 is 16.0 Å². The normalized spacial score (nSPS) is 10.9. The molecule has 0 fully saturated rings. The van der Waals surface area contributed by atoms with Gasteiger partial charge in [0.15, 0.2) is 0 Å². The maximum atomic E-state index is 13.8. The van der Waals surface area contributed by atoms with E-state index in [9.17, 15) is 14.0 Å². The lowest BCUT2D eigenvalue weighted by atomic mass is 10.1. The van der Waals surface area contributed by atoms with Crippen molar-refractivity contribution in [3.05, 3.63) is 88.5 Å². The van der Waals surface area contributed by atoms with Crippen LogP contribution in [0.3, 0.4) is 0 Å². The van der Waals surface area contributed by atoms with E-state index in [1.54, 1.807) is 31.2 Å². The number of hydrogen-bond donors (Lipinski definition) is 3. The Balaban J connectivity index is 1.57. The highest BCUT2D eigenvalue weighted by molar-refractivity contribution is 6.31. The summed E-state index contributed by atoms with van der Waals surface area (Å²) in [6.07, 6.45) is -0.0381. The Bertz CT molecular complexity index is 1540. The second-order valence-corrected chi connectivity index (χ2v) is 9.15. The first-order chi connectivity index (χ1) is 18.7. The number of esters is 1. The molecule has 0 radical (unpaired) electrons. The van der Waals surface area contributed by atoms with Crippen molar-refractivity contribution in [2.45, 2.75) is 19.9 Å². The zero-order valence-electron chi connectivity index (χ0n) is 21.5. The van der Waals surface area contributed by atoms with Gasteiger partial charge in [-0.2, -0.15) is 0 Å². The predicted octanol–water partition coefficient (Wildman–Crippen LogP) is 4.86. The van der Waals surface area contributed by atoms with E-state index < -0.39 is 11.8 Å². The van der Waals surface area contributed by atoms with Crippen molar-refractivity contribution in [2.24, 2.45) is 12.8 Å². The lowest BCUT2D eigenvalue weighted by Gasteiger charge is -2.23. The Kier molecular flexibility index (Phi) is 8.46. The maximum absolute atomic E-state index is 13.8. The number of amides is 1. The molecule has 1 amide bonds. The van der Waals surface area contributed by atoms with Gasteiger partial charge in [-0.05, 0) is 67.6 Å². The van der Waals surface area contributed by atoms with E-state index in [-0.39, 0.29) is 36.3 Å². The molecule has 4 aromatic rings. The van der Waals surface area contributed by atoms with Crippen molar-refractivity contribution in [1.29, 1.82) is 5.41 Å². The Labute approximate surface area is 229 Å². The molecule has 0 spiro atoms. The van der Waals surface area contributed by atoms with Crippen LogP contribution in [0.15, 0.2) is 60.7 Å². The maximum Gasteiger partial charge on any atom is 0.307 e. The number of carbonyl (C=O) groups excluding carboxylic acids is 2. The average Bonchev–Trinajstić information content (AvgIpc) is 3.24. The number of ether oxygens (including phenoxy) is 1. The second-order valence-electron chi connectivity index (χ2n) is 8.75. The zero-order valence-corrected chi connectivity index (χ0v) is 22.3. The molecule has 0 aliphatic carbocycles. The molecule has 0 aliphatic heterocycles. The number of imidazole rings is 1. The number of halogens is 2. The third kappa shape index (κ3) is 6.35. The molecule has 0 atom stereocenters. The van der Waals surface area contributed by atoms with Gasteiger partial charge in [0.1, 0.15) is 17.5 Å². The van der Waals surface area contributed by atoms with E-state index in [1.165, 1.54) is 23.1 Å². The number of nitrogens with zero attached hydrogens (tertiary/aromatic N) is 3. The summed E-state index contributed by atoms with van der Waals surface area (Å²) in [6, 6.07) is 16.4. The van der Waals surface area contributed by atoms with Crippen molar-refractivity contribution in [3.8, 4) is 0 Å². The van der Waals surface area contributed by atoms with Crippen LogP contribution in [0.2, 0.25) is 5.02 Å². The number of anilines is 2. The number of rotatable bonds is 10. The first kappa shape index (κ1) is 27.6. The number of nitrogens with two attached hydrogens (primary N) is 1. The van der Waals surface area contributed by atoms with E-state index >= 15 is 0 Å². The lowest BCUT2D eigenvalue weighted by Crippen LogP contribution is -2.33. The van der Waals surface area contributed by atoms with Gasteiger partial charge in [0.05, 0.1) is 35.6 Å². The number of amidine groups is 1. The highest BCUT2D eigenvalue weighted by atomic mass is 35.5. The lowest BCUT2D eigenvalue weighted by molar-refractivity contribution is -0.142. The van der Waals surface area contributed by atoms with Gasteiger partial charge < -0.3 is 25.3 Å². The largest absolute Gasteiger partial charge is 0.466 e.